The van der Waals surface area contributed by atoms with Gasteiger partial charge < -0.3 is 15.5 Å². The Labute approximate surface area is 138 Å². The van der Waals surface area contributed by atoms with Gasteiger partial charge in [0.1, 0.15) is 0 Å². The molecule has 7 heteroatoms. The van der Waals surface area contributed by atoms with Gasteiger partial charge in [0.2, 0.25) is 5.91 Å². The number of nitrogens with zero attached hydrogens (tertiary/aromatic N) is 2. The number of guanidine groups is 1. The largest absolute Gasteiger partial charge is 0.347 e. The minimum atomic E-state index is -0.0869. The first-order valence-electron chi connectivity index (χ1n) is 5.70. The Kier molecular flexibility index (Phi) is 6.56. The van der Waals surface area contributed by atoms with Crippen molar-refractivity contribution in [3.63, 3.8) is 0 Å². The second-order valence-corrected chi connectivity index (χ2v) is 4.95. The minimum absolute atomic E-state index is 0. The monoisotopic (exact) mass is 438 g/mol. The van der Waals surface area contributed by atoms with Crippen molar-refractivity contribution in [1.29, 1.82) is 0 Å². The van der Waals surface area contributed by atoms with Crippen LogP contribution in [0.4, 0.5) is 5.69 Å². The van der Waals surface area contributed by atoms with Gasteiger partial charge in [-0.15, -0.1) is 24.0 Å². The quantitative estimate of drug-likeness (QED) is 0.708. The predicted octanol–water partition coefficient (Wildman–Crippen LogP) is 1.90. The Morgan fingerprint density at radius 3 is 2.95 bits per heavy atom. The summed E-state index contributed by atoms with van der Waals surface area (Å²) in [4.78, 5) is 18.0. The SMILES string of the molecule is CN1CCN=C1NCC(=O)Nc1cccc(Br)c1.I. The van der Waals surface area contributed by atoms with Gasteiger partial charge in [0, 0.05) is 23.8 Å². The highest BCUT2D eigenvalue weighted by Gasteiger charge is 2.12. The molecule has 0 bridgehead atoms. The molecule has 1 heterocycles. The third-order valence-electron chi connectivity index (χ3n) is 2.57. The zero-order chi connectivity index (χ0) is 13.0. The fourth-order valence-corrected chi connectivity index (χ4v) is 2.05. The molecule has 1 aliphatic rings. The molecular weight excluding hydrogens is 423 g/mol. The standard InChI is InChI=1S/C12H15BrN4O.HI/c1-17-6-5-14-12(17)15-8-11(18)16-10-4-2-3-9(13)7-10;/h2-4,7H,5-6,8H2,1H3,(H,14,15)(H,16,18);1H. The number of carbonyl (C=O) groups excluding carboxylic acids is 1. The zero-order valence-corrected chi connectivity index (χ0v) is 14.4. The molecule has 1 aliphatic heterocycles. The lowest BCUT2D eigenvalue weighted by molar-refractivity contribution is -0.115. The Morgan fingerprint density at radius 2 is 2.32 bits per heavy atom. The molecule has 0 spiro atoms. The van der Waals surface area contributed by atoms with Crippen LogP contribution in [-0.2, 0) is 4.79 Å². The number of halogens is 2. The van der Waals surface area contributed by atoms with E-state index in [-0.39, 0.29) is 36.4 Å². The van der Waals surface area contributed by atoms with Crippen LogP contribution in [0.3, 0.4) is 0 Å². The third kappa shape index (κ3) is 4.98. The van der Waals surface area contributed by atoms with E-state index in [2.05, 4.69) is 31.6 Å². The lowest BCUT2D eigenvalue weighted by atomic mass is 10.3. The molecule has 1 aromatic carbocycles. The first kappa shape index (κ1) is 16.2. The van der Waals surface area contributed by atoms with Crippen LogP contribution in [0.1, 0.15) is 0 Å². The smallest absolute Gasteiger partial charge is 0.243 e. The summed E-state index contributed by atoms with van der Waals surface area (Å²) >= 11 is 3.36. The maximum atomic E-state index is 11.7. The van der Waals surface area contributed by atoms with E-state index in [1.165, 1.54) is 0 Å². The Hall–Kier alpha value is -0.830. The number of nitrogens with one attached hydrogen (secondary N) is 2. The van der Waals surface area contributed by atoms with Crippen LogP contribution >= 0.6 is 39.9 Å². The molecule has 19 heavy (non-hydrogen) atoms. The minimum Gasteiger partial charge on any atom is -0.347 e. The fraction of sp³-hybridized carbons (Fsp3) is 0.333. The van der Waals surface area contributed by atoms with Gasteiger partial charge in [0.15, 0.2) is 5.96 Å². The van der Waals surface area contributed by atoms with Gasteiger partial charge in [-0.05, 0) is 18.2 Å². The van der Waals surface area contributed by atoms with Crippen LogP contribution in [0.15, 0.2) is 33.7 Å². The van der Waals surface area contributed by atoms with Crippen molar-refractivity contribution in [1.82, 2.24) is 10.2 Å². The van der Waals surface area contributed by atoms with Gasteiger partial charge in [-0.3, -0.25) is 9.79 Å². The van der Waals surface area contributed by atoms with E-state index >= 15 is 0 Å². The molecule has 0 saturated carbocycles. The van der Waals surface area contributed by atoms with Gasteiger partial charge >= 0.3 is 0 Å². The van der Waals surface area contributed by atoms with Crippen molar-refractivity contribution >= 4 is 57.5 Å². The number of hydrogen-bond donors (Lipinski definition) is 2. The van der Waals surface area contributed by atoms with E-state index in [4.69, 9.17) is 0 Å². The summed E-state index contributed by atoms with van der Waals surface area (Å²) in [5, 5.41) is 5.83. The average Bonchev–Trinajstić information content (AvgIpc) is 2.72. The molecule has 0 aromatic heterocycles. The lowest BCUT2D eigenvalue weighted by Gasteiger charge is -2.15. The normalized spacial score (nSPS) is 13.6. The summed E-state index contributed by atoms with van der Waals surface area (Å²) in [6.07, 6.45) is 0. The molecule has 5 nitrogen and oxygen atoms in total. The number of amides is 1. The van der Waals surface area contributed by atoms with Crippen molar-refractivity contribution in [2.45, 2.75) is 0 Å². The summed E-state index contributed by atoms with van der Waals surface area (Å²) in [5.41, 5.74) is 0.776. The van der Waals surface area contributed by atoms with Gasteiger partial charge in [0.05, 0.1) is 13.1 Å². The number of hydrogen-bond acceptors (Lipinski definition) is 4. The van der Waals surface area contributed by atoms with Gasteiger partial charge in [-0.1, -0.05) is 22.0 Å². The molecule has 0 aliphatic carbocycles. The lowest BCUT2D eigenvalue weighted by Crippen LogP contribution is -2.39. The van der Waals surface area contributed by atoms with E-state index in [0.717, 1.165) is 29.2 Å². The molecular formula is C12H16BrIN4O. The molecule has 0 saturated heterocycles. The number of rotatable bonds is 3. The highest BCUT2D eigenvalue weighted by atomic mass is 127. The Balaban J connectivity index is 0.00000180. The van der Waals surface area contributed by atoms with Gasteiger partial charge in [-0.2, -0.15) is 0 Å². The summed E-state index contributed by atoms with van der Waals surface area (Å²) in [5.74, 6) is 0.690. The van der Waals surface area contributed by atoms with Crippen LogP contribution in [-0.4, -0.2) is 43.4 Å². The molecule has 2 rings (SSSR count). The molecule has 1 amide bonds. The molecule has 104 valence electrons. The summed E-state index contributed by atoms with van der Waals surface area (Å²) in [6.45, 7) is 1.90. The molecule has 0 atom stereocenters. The highest BCUT2D eigenvalue weighted by molar-refractivity contribution is 14.0. The Bertz CT molecular complexity index is 481. The molecule has 0 radical (unpaired) electrons. The summed E-state index contributed by atoms with van der Waals surface area (Å²) in [6, 6.07) is 7.50. The molecule has 1 aromatic rings. The van der Waals surface area contributed by atoms with Crippen LogP contribution in [0, 0.1) is 0 Å². The first-order chi connectivity index (χ1) is 8.65. The fourth-order valence-electron chi connectivity index (χ4n) is 1.65. The maximum absolute atomic E-state index is 11.7. The summed E-state index contributed by atoms with van der Waals surface area (Å²) < 4.78 is 0.938. The van der Waals surface area contributed by atoms with Crippen LogP contribution in [0.5, 0.6) is 0 Å². The van der Waals surface area contributed by atoms with E-state index in [1.807, 2.05) is 36.2 Å². The zero-order valence-electron chi connectivity index (χ0n) is 10.5. The first-order valence-corrected chi connectivity index (χ1v) is 6.49. The molecule has 0 unspecified atom stereocenters. The number of carbonyl (C=O) groups is 1. The van der Waals surface area contributed by atoms with Crippen molar-refractivity contribution in [2.24, 2.45) is 4.99 Å². The van der Waals surface area contributed by atoms with E-state index in [0.29, 0.717) is 0 Å². The maximum Gasteiger partial charge on any atom is 0.243 e. The number of anilines is 1. The van der Waals surface area contributed by atoms with E-state index in [1.54, 1.807) is 0 Å². The van der Waals surface area contributed by atoms with Crippen LogP contribution in [0.25, 0.3) is 0 Å². The molecule has 0 fully saturated rings. The van der Waals surface area contributed by atoms with Crippen molar-refractivity contribution < 1.29 is 4.79 Å². The predicted molar refractivity (Wildman–Crippen MR) is 91.1 cm³/mol. The van der Waals surface area contributed by atoms with E-state index < -0.39 is 0 Å². The van der Waals surface area contributed by atoms with Crippen molar-refractivity contribution in [2.75, 3.05) is 32.0 Å². The van der Waals surface area contributed by atoms with Crippen LogP contribution < -0.4 is 10.6 Å². The second kappa shape index (κ2) is 7.68. The molecule has 2 N–H and O–H groups in total. The Morgan fingerprint density at radius 1 is 1.53 bits per heavy atom. The second-order valence-electron chi connectivity index (χ2n) is 4.04. The van der Waals surface area contributed by atoms with Crippen LogP contribution in [0.2, 0.25) is 0 Å². The van der Waals surface area contributed by atoms with Crippen molar-refractivity contribution in [3.8, 4) is 0 Å². The van der Waals surface area contributed by atoms with E-state index in [9.17, 15) is 4.79 Å². The van der Waals surface area contributed by atoms with Crippen molar-refractivity contribution in [3.05, 3.63) is 28.7 Å². The number of likely N-dealkylation sites (N-methyl/N-ethyl adjacent to an activating group) is 1. The summed E-state index contributed by atoms with van der Waals surface area (Å²) in [7, 11) is 1.95. The number of aliphatic imine (C=N–C) groups is 1. The van der Waals surface area contributed by atoms with Gasteiger partial charge in [0.25, 0.3) is 0 Å². The third-order valence-corrected chi connectivity index (χ3v) is 3.07. The van der Waals surface area contributed by atoms with Gasteiger partial charge in [-0.25, -0.2) is 0 Å². The average molecular weight is 439 g/mol. The highest BCUT2D eigenvalue weighted by Crippen LogP contribution is 2.15. The number of benzene rings is 1. The topological polar surface area (TPSA) is 56.7 Å².